The van der Waals surface area contributed by atoms with E-state index in [0.29, 0.717) is 11.6 Å². The van der Waals surface area contributed by atoms with E-state index in [9.17, 15) is 0 Å². The lowest BCUT2D eigenvalue weighted by Gasteiger charge is -2.07. The van der Waals surface area contributed by atoms with Gasteiger partial charge in [-0.15, -0.1) is 0 Å². The minimum atomic E-state index is 0.264. The standard InChI is InChI=1S/C13H21N5O/c1-7(2)11-10(14)13(18(6)16-11)19-12-8(3)15-17(5)9(12)4/h7H,14H2,1-6H3. The van der Waals surface area contributed by atoms with Crippen LogP contribution in [-0.4, -0.2) is 19.6 Å². The zero-order valence-electron chi connectivity index (χ0n) is 12.4. The van der Waals surface area contributed by atoms with Crippen LogP contribution in [0.4, 0.5) is 5.69 Å². The van der Waals surface area contributed by atoms with Crippen LogP contribution in [0.15, 0.2) is 0 Å². The lowest BCUT2D eigenvalue weighted by Crippen LogP contribution is -1.99. The number of ether oxygens (including phenoxy) is 1. The van der Waals surface area contributed by atoms with Crippen LogP contribution in [0.1, 0.15) is 36.8 Å². The fourth-order valence-electron chi connectivity index (χ4n) is 2.09. The Morgan fingerprint density at radius 3 is 2.16 bits per heavy atom. The normalized spacial score (nSPS) is 11.3. The zero-order chi connectivity index (χ0) is 14.3. The van der Waals surface area contributed by atoms with Gasteiger partial charge >= 0.3 is 0 Å². The van der Waals surface area contributed by atoms with Gasteiger partial charge in [-0.25, -0.2) is 4.68 Å². The smallest absolute Gasteiger partial charge is 0.241 e. The summed E-state index contributed by atoms with van der Waals surface area (Å²) in [6.07, 6.45) is 0. The molecular formula is C13H21N5O. The highest BCUT2D eigenvalue weighted by Crippen LogP contribution is 2.35. The number of nitrogens with zero attached hydrogens (tertiary/aromatic N) is 4. The molecule has 0 atom stereocenters. The first-order chi connectivity index (χ1) is 8.82. The lowest BCUT2D eigenvalue weighted by atomic mass is 10.1. The van der Waals surface area contributed by atoms with E-state index in [1.807, 2.05) is 27.9 Å². The molecule has 0 aliphatic rings. The second kappa shape index (κ2) is 4.60. The third kappa shape index (κ3) is 2.18. The van der Waals surface area contributed by atoms with Crippen LogP contribution >= 0.6 is 0 Å². The van der Waals surface area contributed by atoms with Gasteiger partial charge in [-0.05, 0) is 19.8 Å². The van der Waals surface area contributed by atoms with Crippen molar-refractivity contribution in [3.63, 3.8) is 0 Å². The van der Waals surface area contributed by atoms with E-state index in [1.54, 1.807) is 9.36 Å². The molecule has 0 amide bonds. The summed E-state index contributed by atoms with van der Waals surface area (Å²) in [5.74, 6) is 1.58. The molecule has 19 heavy (non-hydrogen) atoms. The van der Waals surface area contributed by atoms with Crippen LogP contribution in [-0.2, 0) is 14.1 Å². The summed E-state index contributed by atoms with van der Waals surface area (Å²) >= 11 is 0. The molecule has 2 aromatic rings. The monoisotopic (exact) mass is 263 g/mol. The van der Waals surface area contributed by atoms with Crippen molar-refractivity contribution >= 4 is 5.69 Å². The average Bonchev–Trinajstić information content (AvgIpc) is 2.73. The van der Waals surface area contributed by atoms with Crippen LogP contribution in [0, 0.1) is 13.8 Å². The van der Waals surface area contributed by atoms with Gasteiger partial charge in [-0.3, -0.25) is 4.68 Å². The molecule has 0 unspecified atom stereocenters. The maximum atomic E-state index is 6.12. The Morgan fingerprint density at radius 2 is 1.74 bits per heavy atom. The summed E-state index contributed by atoms with van der Waals surface area (Å²) in [5, 5.41) is 8.74. The first-order valence-corrected chi connectivity index (χ1v) is 6.33. The molecular weight excluding hydrogens is 242 g/mol. The maximum absolute atomic E-state index is 6.12. The minimum Gasteiger partial charge on any atom is -0.433 e. The Labute approximate surface area is 113 Å². The number of hydrogen-bond donors (Lipinski definition) is 1. The van der Waals surface area contributed by atoms with Gasteiger partial charge in [0.1, 0.15) is 11.4 Å². The van der Waals surface area contributed by atoms with Crippen molar-refractivity contribution in [2.24, 2.45) is 14.1 Å². The molecule has 0 aliphatic heterocycles. The molecule has 2 rings (SSSR count). The summed E-state index contributed by atoms with van der Waals surface area (Å²) in [4.78, 5) is 0. The molecule has 0 spiro atoms. The third-order valence-electron chi connectivity index (χ3n) is 3.25. The molecule has 0 radical (unpaired) electrons. The fraction of sp³-hybridized carbons (Fsp3) is 0.538. The largest absolute Gasteiger partial charge is 0.433 e. The van der Waals surface area contributed by atoms with Crippen LogP contribution in [0.25, 0.3) is 0 Å². The predicted octanol–water partition coefficient (Wildman–Crippen LogP) is 2.27. The zero-order valence-corrected chi connectivity index (χ0v) is 12.4. The van der Waals surface area contributed by atoms with Gasteiger partial charge in [0.15, 0.2) is 5.75 Å². The van der Waals surface area contributed by atoms with E-state index in [4.69, 9.17) is 10.5 Å². The highest BCUT2D eigenvalue weighted by Gasteiger charge is 2.20. The van der Waals surface area contributed by atoms with Gasteiger partial charge in [0.2, 0.25) is 5.88 Å². The molecule has 2 heterocycles. The maximum Gasteiger partial charge on any atom is 0.241 e. The molecule has 2 aromatic heterocycles. The van der Waals surface area contributed by atoms with Gasteiger partial charge in [0.25, 0.3) is 0 Å². The molecule has 6 nitrogen and oxygen atoms in total. The van der Waals surface area contributed by atoms with Gasteiger partial charge in [-0.1, -0.05) is 13.8 Å². The Bertz CT molecular complexity index is 609. The van der Waals surface area contributed by atoms with Crippen LogP contribution < -0.4 is 10.5 Å². The number of aryl methyl sites for hydroxylation is 3. The van der Waals surface area contributed by atoms with Crippen molar-refractivity contribution in [2.45, 2.75) is 33.6 Å². The number of nitrogens with two attached hydrogens (primary N) is 1. The topological polar surface area (TPSA) is 70.9 Å². The van der Waals surface area contributed by atoms with Crippen molar-refractivity contribution in [3.05, 3.63) is 17.1 Å². The summed E-state index contributed by atoms with van der Waals surface area (Å²) < 4.78 is 9.41. The van der Waals surface area contributed by atoms with Crippen LogP contribution in [0.5, 0.6) is 11.6 Å². The minimum absolute atomic E-state index is 0.264. The lowest BCUT2D eigenvalue weighted by molar-refractivity contribution is 0.426. The summed E-state index contributed by atoms with van der Waals surface area (Å²) in [6, 6.07) is 0. The Balaban J connectivity index is 2.44. The highest BCUT2D eigenvalue weighted by molar-refractivity contribution is 5.56. The number of rotatable bonds is 3. The van der Waals surface area contributed by atoms with Gasteiger partial charge < -0.3 is 10.5 Å². The number of nitrogen functional groups attached to an aromatic ring is 1. The molecule has 0 saturated heterocycles. The molecule has 2 N–H and O–H groups in total. The van der Waals surface area contributed by atoms with Crippen molar-refractivity contribution < 1.29 is 4.74 Å². The van der Waals surface area contributed by atoms with Gasteiger partial charge in [-0.2, -0.15) is 10.2 Å². The van der Waals surface area contributed by atoms with Crippen LogP contribution in [0.3, 0.4) is 0 Å². The van der Waals surface area contributed by atoms with Crippen molar-refractivity contribution in [1.29, 1.82) is 0 Å². The van der Waals surface area contributed by atoms with Crippen molar-refractivity contribution in [3.8, 4) is 11.6 Å². The first-order valence-electron chi connectivity index (χ1n) is 6.33. The summed E-state index contributed by atoms with van der Waals surface area (Å²) in [6.45, 7) is 8.00. The third-order valence-corrected chi connectivity index (χ3v) is 3.25. The van der Waals surface area contributed by atoms with E-state index in [1.165, 1.54) is 0 Å². The molecule has 104 valence electrons. The fourth-order valence-corrected chi connectivity index (χ4v) is 2.09. The molecule has 0 aliphatic carbocycles. The average molecular weight is 263 g/mol. The Hall–Kier alpha value is -1.98. The van der Waals surface area contributed by atoms with Crippen molar-refractivity contribution in [2.75, 3.05) is 5.73 Å². The number of aromatic nitrogens is 4. The molecule has 0 aromatic carbocycles. The van der Waals surface area contributed by atoms with E-state index in [0.717, 1.165) is 22.8 Å². The Kier molecular flexibility index (Phi) is 3.26. The summed E-state index contributed by atoms with van der Waals surface area (Å²) in [7, 11) is 3.72. The van der Waals surface area contributed by atoms with Gasteiger partial charge in [0.05, 0.1) is 11.4 Å². The highest BCUT2D eigenvalue weighted by atomic mass is 16.5. The van der Waals surface area contributed by atoms with E-state index in [2.05, 4.69) is 24.0 Å². The Morgan fingerprint density at radius 1 is 1.11 bits per heavy atom. The SMILES string of the molecule is Cc1nn(C)c(C)c1Oc1c(N)c(C(C)C)nn1C. The van der Waals surface area contributed by atoms with Gasteiger partial charge in [0, 0.05) is 14.1 Å². The van der Waals surface area contributed by atoms with E-state index < -0.39 is 0 Å². The predicted molar refractivity (Wildman–Crippen MR) is 74.5 cm³/mol. The number of anilines is 1. The number of hydrogen-bond acceptors (Lipinski definition) is 4. The van der Waals surface area contributed by atoms with E-state index in [-0.39, 0.29) is 5.92 Å². The second-order valence-corrected chi connectivity index (χ2v) is 5.11. The first kappa shape index (κ1) is 13.5. The summed E-state index contributed by atoms with van der Waals surface area (Å²) in [5.41, 5.74) is 9.38. The van der Waals surface area contributed by atoms with Crippen LogP contribution in [0.2, 0.25) is 0 Å². The quantitative estimate of drug-likeness (QED) is 0.922. The van der Waals surface area contributed by atoms with E-state index >= 15 is 0 Å². The molecule has 0 fully saturated rings. The molecule has 6 heteroatoms. The molecule has 0 bridgehead atoms. The van der Waals surface area contributed by atoms with Crippen molar-refractivity contribution in [1.82, 2.24) is 19.6 Å². The second-order valence-electron chi connectivity index (χ2n) is 5.11. The molecule has 0 saturated carbocycles.